The van der Waals surface area contributed by atoms with Crippen molar-refractivity contribution in [2.24, 2.45) is 5.92 Å². The van der Waals surface area contributed by atoms with Gasteiger partial charge >= 0.3 is 0 Å². The first-order valence-corrected chi connectivity index (χ1v) is 10.2. The van der Waals surface area contributed by atoms with Crippen LogP contribution in [0.3, 0.4) is 0 Å². The van der Waals surface area contributed by atoms with Crippen LogP contribution < -0.4 is 4.72 Å². The molecule has 0 unspecified atom stereocenters. The molecule has 0 aliphatic carbocycles. The molecular formula is C19H26N2O3S. The van der Waals surface area contributed by atoms with Crippen molar-refractivity contribution in [1.29, 1.82) is 0 Å². The van der Waals surface area contributed by atoms with E-state index in [0.717, 1.165) is 49.4 Å². The maximum Gasteiger partial charge on any atom is 0.240 e. The van der Waals surface area contributed by atoms with Crippen molar-refractivity contribution in [3.05, 3.63) is 53.5 Å². The summed E-state index contributed by atoms with van der Waals surface area (Å²) in [7, 11) is -3.43. The van der Waals surface area contributed by atoms with Crippen molar-refractivity contribution in [3.8, 4) is 0 Å². The van der Waals surface area contributed by atoms with Crippen LogP contribution in [0.4, 0.5) is 0 Å². The van der Waals surface area contributed by atoms with Gasteiger partial charge in [0.2, 0.25) is 10.0 Å². The van der Waals surface area contributed by atoms with Crippen LogP contribution in [-0.4, -0.2) is 33.0 Å². The van der Waals surface area contributed by atoms with Crippen LogP contribution in [0.1, 0.15) is 29.7 Å². The number of furan rings is 1. The number of hydrogen-bond acceptors (Lipinski definition) is 4. The molecule has 0 amide bonds. The lowest BCUT2D eigenvalue weighted by atomic mass is 9.97. The van der Waals surface area contributed by atoms with E-state index < -0.39 is 10.0 Å². The Labute approximate surface area is 150 Å². The minimum atomic E-state index is -3.43. The number of nitrogens with zero attached hydrogens (tertiary/aromatic N) is 1. The number of likely N-dealkylation sites (tertiary alicyclic amines) is 1. The largest absolute Gasteiger partial charge is 0.468 e. The zero-order valence-electron chi connectivity index (χ0n) is 14.9. The van der Waals surface area contributed by atoms with E-state index >= 15 is 0 Å². The van der Waals surface area contributed by atoms with Crippen LogP contribution in [0.2, 0.25) is 0 Å². The van der Waals surface area contributed by atoms with E-state index in [0.29, 0.717) is 17.4 Å². The number of sulfonamides is 1. The lowest BCUT2D eigenvalue weighted by Crippen LogP contribution is -2.38. The fraction of sp³-hybridized carbons (Fsp3) is 0.474. The monoisotopic (exact) mass is 362 g/mol. The molecule has 1 aliphatic rings. The van der Waals surface area contributed by atoms with Gasteiger partial charge in [-0.1, -0.05) is 6.07 Å². The second kappa shape index (κ2) is 7.72. The van der Waals surface area contributed by atoms with E-state index in [1.165, 1.54) is 0 Å². The van der Waals surface area contributed by atoms with Gasteiger partial charge in [0.25, 0.3) is 0 Å². The zero-order valence-corrected chi connectivity index (χ0v) is 15.7. The molecule has 0 bridgehead atoms. The van der Waals surface area contributed by atoms with E-state index in [1.54, 1.807) is 18.4 Å². The maximum atomic E-state index is 12.5. The zero-order chi connectivity index (χ0) is 17.9. The first-order chi connectivity index (χ1) is 11.9. The highest BCUT2D eigenvalue weighted by atomic mass is 32.2. The predicted octanol–water partition coefficient (Wildman–Crippen LogP) is 3.09. The molecule has 1 aliphatic heterocycles. The molecule has 1 N–H and O–H groups in total. The van der Waals surface area contributed by atoms with Crippen LogP contribution in [0, 0.1) is 19.8 Å². The van der Waals surface area contributed by atoms with Gasteiger partial charge in [-0.15, -0.1) is 0 Å². The van der Waals surface area contributed by atoms with E-state index in [-0.39, 0.29) is 0 Å². The molecule has 1 saturated heterocycles. The van der Waals surface area contributed by atoms with E-state index in [4.69, 9.17) is 4.42 Å². The topological polar surface area (TPSA) is 62.6 Å². The second-order valence-electron chi connectivity index (χ2n) is 6.90. The van der Waals surface area contributed by atoms with E-state index in [2.05, 4.69) is 9.62 Å². The van der Waals surface area contributed by atoms with Gasteiger partial charge in [0, 0.05) is 6.54 Å². The van der Waals surface area contributed by atoms with Gasteiger partial charge in [0.1, 0.15) is 5.76 Å². The molecule has 2 heterocycles. The molecule has 1 fully saturated rings. The number of piperidine rings is 1. The van der Waals surface area contributed by atoms with Gasteiger partial charge in [-0.05, 0) is 81.1 Å². The molecule has 0 radical (unpaired) electrons. The highest BCUT2D eigenvalue weighted by Gasteiger charge is 2.22. The summed E-state index contributed by atoms with van der Waals surface area (Å²) in [5.41, 5.74) is 2.09. The summed E-state index contributed by atoms with van der Waals surface area (Å²) in [6.07, 6.45) is 3.69. The van der Waals surface area contributed by atoms with Gasteiger partial charge in [0.15, 0.2) is 0 Å². The number of rotatable bonds is 6. The summed E-state index contributed by atoms with van der Waals surface area (Å²) in [6, 6.07) is 9.17. The summed E-state index contributed by atoms with van der Waals surface area (Å²) < 4.78 is 33.1. The smallest absolute Gasteiger partial charge is 0.240 e. The molecule has 0 atom stereocenters. The minimum absolute atomic E-state index is 0.353. The Bertz CT molecular complexity index is 792. The number of benzene rings is 1. The van der Waals surface area contributed by atoms with E-state index in [9.17, 15) is 8.42 Å². The number of hydrogen-bond donors (Lipinski definition) is 1. The Kier molecular flexibility index (Phi) is 5.61. The average Bonchev–Trinajstić information content (AvgIpc) is 3.10. The van der Waals surface area contributed by atoms with Crippen molar-refractivity contribution in [2.75, 3.05) is 19.6 Å². The van der Waals surface area contributed by atoms with Gasteiger partial charge in [0.05, 0.1) is 17.7 Å². The summed E-state index contributed by atoms with van der Waals surface area (Å²) in [5.74, 6) is 1.36. The molecule has 25 heavy (non-hydrogen) atoms. The highest BCUT2D eigenvalue weighted by Crippen LogP contribution is 2.20. The molecule has 0 saturated carbocycles. The minimum Gasteiger partial charge on any atom is -0.468 e. The predicted molar refractivity (Wildman–Crippen MR) is 97.8 cm³/mol. The molecule has 6 heteroatoms. The molecule has 1 aromatic carbocycles. The van der Waals surface area contributed by atoms with Gasteiger partial charge < -0.3 is 4.42 Å². The molecule has 2 aromatic rings. The Hall–Kier alpha value is -1.63. The molecule has 5 nitrogen and oxygen atoms in total. The molecule has 0 spiro atoms. The number of nitrogens with one attached hydrogen (secondary N) is 1. The summed E-state index contributed by atoms with van der Waals surface area (Å²) in [4.78, 5) is 2.71. The Morgan fingerprint density at radius 1 is 1.16 bits per heavy atom. The Morgan fingerprint density at radius 2 is 1.92 bits per heavy atom. The van der Waals surface area contributed by atoms with Crippen LogP contribution in [-0.2, 0) is 16.6 Å². The van der Waals surface area contributed by atoms with Gasteiger partial charge in [-0.25, -0.2) is 13.1 Å². The van der Waals surface area contributed by atoms with Gasteiger partial charge in [-0.3, -0.25) is 4.90 Å². The lowest BCUT2D eigenvalue weighted by molar-refractivity contribution is 0.168. The average molecular weight is 362 g/mol. The molecule has 3 rings (SSSR count). The third kappa shape index (κ3) is 4.71. The van der Waals surface area contributed by atoms with Crippen molar-refractivity contribution < 1.29 is 12.8 Å². The van der Waals surface area contributed by atoms with Crippen LogP contribution in [0.15, 0.2) is 45.9 Å². The van der Waals surface area contributed by atoms with Crippen molar-refractivity contribution >= 4 is 10.0 Å². The third-order valence-electron chi connectivity index (χ3n) is 5.02. The van der Waals surface area contributed by atoms with Gasteiger partial charge in [-0.2, -0.15) is 0 Å². The van der Waals surface area contributed by atoms with Crippen molar-refractivity contribution in [3.63, 3.8) is 0 Å². The molecule has 1 aromatic heterocycles. The number of aryl methyl sites for hydroxylation is 2. The summed E-state index contributed by atoms with van der Waals surface area (Å²) >= 11 is 0. The van der Waals surface area contributed by atoms with Crippen LogP contribution in [0.25, 0.3) is 0 Å². The Balaban J connectivity index is 1.49. The van der Waals surface area contributed by atoms with Crippen LogP contribution >= 0.6 is 0 Å². The fourth-order valence-corrected chi connectivity index (χ4v) is 4.36. The molecular weight excluding hydrogens is 336 g/mol. The first kappa shape index (κ1) is 18.2. The van der Waals surface area contributed by atoms with Crippen LogP contribution in [0.5, 0.6) is 0 Å². The quantitative estimate of drug-likeness (QED) is 0.858. The van der Waals surface area contributed by atoms with E-state index in [1.807, 2.05) is 32.0 Å². The van der Waals surface area contributed by atoms with Crippen molar-refractivity contribution in [1.82, 2.24) is 9.62 Å². The normalized spacial score (nSPS) is 17.0. The molecule has 136 valence electrons. The third-order valence-corrected chi connectivity index (χ3v) is 6.44. The lowest BCUT2D eigenvalue weighted by Gasteiger charge is -2.31. The maximum absolute atomic E-state index is 12.5. The standard InChI is InChI=1S/C19H26N2O3S/c1-15-5-6-19(12-16(15)2)25(22,23)20-13-17-7-9-21(10-8-17)14-18-4-3-11-24-18/h3-6,11-12,17,20H,7-10,13-14H2,1-2H3. The highest BCUT2D eigenvalue weighted by molar-refractivity contribution is 7.89. The first-order valence-electron chi connectivity index (χ1n) is 8.76. The second-order valence-corrected chi connectivity index (χ2v) is 8.66. The SMILES string of the molecule is Cc1ccc(S(=O)(=O)NCC2CCN(Cc3ccco3)CC2)cc1C. The Morgan fingerprint density at radius 3 is 2.56 bits per heavy atom. The summed E-state index contributed by atoms with van der Waals surface area (Å²) in [5, 5.41) is 0. The fourth-order valence-electron chi connectivity index (χ4n) is 3.16. The van der Waals surface area contributed by atoms with Crippen molar-refractivity contribution in [2.45, 2.75) is 38.1 Å². The summed E-state index contributed by atoms with van der Waals surface area (Å²) in [6.45, 7) is 7.18.